The summed E-state index contributed by atoms with van der Waals surface area (Å²) < 4.78 is 26.8. The van der Waals surface area contributed by atoms with E-state index in [4.69, 9.17) is 0 Å². The van der Waals surface area contributed by atoms with Gasteiger partial charge >= 0.3 is 0 Å². The molecule has 0 amide bonds. The standard InChI is InChI=1S/C13H19NO2S/c1-5-7-11-8-6-9-12(10-11)17(15,16)14-13(2,3)4/h5-6,8-10,14H,1,7H2,2-4H3. The van der Waals surface area contributed by atoms with Gasteiger partial charge in [-0.05, 0) is 44.9 Å². The summed E-state index contributed by atoms with van der Waals surface area (Å²) in [5.41, 5.74) is 0.463. The summed E-state index contributed by atoms with van der Waals surface area (Å²) in [4.78, 5) is 0.298. The van der Waals surface area contributed by atoms with E-state index in [1.807, 2.05) is 26.8 Å². The van der Waals surface area contributed by atoms with E-state index in [1.54, 1.807) is 24.3 Å². The number of hydrogen-bond acceptors (Lipinski definition) is 2. The molecular weight excluding hydrogens is 234 g/mol. The van der Waals surface area contributed by atoms with Gasteiger partial charge in [-0.2, -0.15) is 0 Å². The predicted molar refractivity (Wildman–Crippen MR) is 70.4 cm³/mol. The van der Waals surface area contributed by atoms with Gasteiger partial charge in [-0.25, -0.2) is 13.1 Å². The summed E-state index contributed by atoms with van der Waals surface area (Å²) in [6.45, 7) is 9.09. The fourth-order valence-electron chi connectivity index (χ4n) is 1.47. The van der Waals surface area contributed by atoms with Crippen LogP contribution in [-0.4, -0.2) is 14.0 Å². The smallest absolute Gasteiger partial charge is 0.207 e. The Balaban J connectivity index is 3.07. The second kappa shape index (κ2) is 5.02. The number of hydrogen-bond donors (Lipinski definition) is 1. The highest BCUT2D eigenvalue weighted by Crippen LogP contribution is 2.15. The molecule has 1 aromatic carbocycles. The number of allylic oxidation sites excluding steroid dienone is 1. The van der Waals surface area contributed by atoms with Crippen molar-refractivity contribution in [1.29, 1.82) is 0 Å². The molecule has 0 saturated carbocycles. The van der Waals surface area contributed by atoms with Crippen molar-refractivity contribution in [3.8, 4) is 0 Å². The van der Waals surface area contributed by atoms with Crippen LogP contribution in [0.1, 0.15) is 26.3 Å². The molecule has 0 unspecified atom stereocenters. The van der Waals surface area contributed by atoms with Gasteiger partial charge in [-0.15, -0.1) is 6.58 Å². The van der Waals surface area contributed by atoms with Crippen molar-refractivity contribution in [3.05, 3.63) is 42.5 Å². The predicted octanol–water partition coefficient (Wildman–Crippen LogP) is 2.49. The molecule has 0 aromatic heterocycles. The summed E-state index contributed by atoms with van der Waals surface area (Å²) in [6, 6.07) is 6.91. The third-order valence-electron chi connectivity index (χ3n) is 2.03. The van der Waals surface area contributed by atoms with E-state index in [1.165, 1.54) is 0 Å². The average molecular weight is 253 g/mol. The molecule has 0 fully saturated rings. The van der Waals surface area contributed by atoms with Crippen LogP contribution < -0.4 is 4.72 Å². The summed E-state index contributed by atoms with van der Waals surface area (Å²) >= 11 is 0. The van der Waals surface area contributed by atoms with Crippen LogP contribution in [0.15, 0.2) is 41.8 Å². The molecule has 0 aliphatic rings. The minimum absolute atomic E-state index is 0.298. The van der Waals surface area contributed by atoms with E-state index in [0.717, 1.165) is 5.56 Å². The van der Waals surface area contributed by atoms with Crippen molar-refractivity contribution in [3.63, 3.8) is 0 Å². The molecule has 4 heteroatoms. The molecule has 17 heavy (non-hydrogen) atoms. The molecule has 1 rings (SSSR count). The van der Waals surface area contributed by atoms with Gasteiger partial charge in [0.1, 0.15) is 0 Å². The number of benzene rings is 1. The van der Waals surface area contributed by atoms with Crippen LogP contribution in [0, 0.1) is 0 Å². The van der Waals surface area contributed by atoms with Crippen LogP contribution in [-0.2, 0) is 16.4 Å². The third kappa shape index (κ3) is 4.32. The molecule has 0 aliphatic heterocycles. The normalized spacial score (nSPS) is 12.4. The number of sulfonamides is 1. The van der Waals surface area contributed by atoms with Gasteiger partial charge in [0.2, 0.25) is 10.0 Å². The Bertz CT molecular complexity index is 498. The first kappa shape index (κ1) is 13.9. The summed E-state index contributed by atoms with van der Waals surface area (Å²) in [7, 11) is -3.44. The van der Waals surface area contributed by atoms with E-state index in [-0.39, 0.29) is 0 Å². The lowest BCUT2D eigenvalue weighted by atomic mass is 10.1. The van der Waals surface area contributed by atoms with Crippen molar-refractivity contribution >= 4 is 10.0 Å². The van der Waals surface area contributed by atoms with Crippen LogP contribution in [0.3, 0.4) is 0 Å². The van der Waals surface area contributed by atoms with Gasteiger partial charge in [-0.1, -0.05) is 18.2 Å². The molecular formula is C13H19NO2S. The van der Waals surface area contributed by atoms with E-state index in [0.29, 0.717) is 11.3 Å². The van der Waals surface area contributed by atoms with Crippen molar-refractivity contribution in [1.82, 2.24) is 4.72 Å². The fourth-order valence-corrected chi connectivity index (χ4v) is 2.96. The SMILES string of the molecule is C=CCc1cccc(S(=O)(=O)NC(C)(C)C)c1. The lowest BCUT2D eigenvalue weighted by Crippen LogP contribution is -2.40. The first-order chi connectivity index (χ1) is 7.74. The maximum Gasteiger partial charge on any atom is 0.241 e. The van der Waals surface area contributed by atoms with Crippen LogP contribution in [0.5, 0.6) is 0 Å². The molecule has 94 valence electrons. The molecule has 3 nitrogen and oxygen atoms in total. The maximum absolute atomic E-state index is 12.1. The van der Waals surface area contributed by atoms with Crippen LogP contribution >= 0.6 is 0 Å². The zero-order valence-electron chi connectivity index (χ0n) is 10.5. The van der Waals surface area contributed by atoms with E-state index in [9.17, 15) is 8.42 Å². The minimum Gasteiger partial charge on any atom is -0.207 e. The van der Waals surface area contributed by atoms with Crippen LogP contribution in [0.2, 0.25) is 0 Å². The van der Waals surface area contributed by atoms with Gasteiger partial charge in [-0.3, -0.25) is 0 Å². The second-order valence-corrected chi connectivity index (χ2v) is 6.68. The highest BCUT2D eigenvalue weighted by atomic mass is 32.2. The summed E-state index contributed by atoms with van der Waals surface area (Å²) in [5.74, 6) is 0. The van der Waals surface area contributed by atoms with Crippen molar-refractivity contribution < 1.29 is 8.42 Å². The Morgan fingerprint density at radius 3 is 2.53 bits per heavy atom. The van der Waals surface area contributed by atoms with Crippen LogP contribution in [0.25, 0.3) is 0 Å². The summed E-state index contributed by atoms with van der Waals surface area (Å²) in [5, 5.41) is 0. The van der Waals surface area contributed by atoms with E-state index >= 15 is 0 Å². The Morgan fingerprint density at radius 2 is 2.00 bits per heavy atom. The maximum atomic E-state index is 12.1. The molecule has 0 aliphatic carbocycles. The molecule has 0 saturated heterocycles. The zero-order valence-corrected chi connectivity index (χ0v) is 11.3. The Hall–Kier alpha value is -1.13. The first-order valence-corrected chi connectivity index (χ1v) is 6.97. The Labute approximate surface area is 104 Å². The topological polar surface area (TPSA) is 46.2 Å². The summed E-state index contributed by atoms with van der Waals surface area (Å²) in [6.07, 6.45) is 2.42. The van der Waals surface area contributed by atoms with E-state index in [2.05, 4.69) is 11.3 Å². The van der Waals surface area contributed by atoms with Gasteiger partial charge in [0.15, 0.2) is 0 Å². The Morgan fingerprint density at radius 1 is 1.35 bits per heavy atom. The first-order valence-electron chi connectivity index (χ1n) is 5.48. The molecule has 0 bridgehead atoms. The molecule has 0 atom stereocenters. The highest BCUT2D eigenvalue weighted by molar-refractivity contribution is 7.89. The second-order valence-electron chi connectivity index (χ2n) is 5.00. The molecule has 1 N–H and O–H groups in total. The lowest BCUT2D eigenvalue weighted by molar-refractivity contribution is 0.491. The van der Waals surface area contributed by atoms with Crippen molar-refractivity contribution in [2.75, 3.05) is 0 Å². The van der Waals surface area contributed by atoms with Crippen molar-refractivity contribution in [2.45, 2.75) is 37.6 Å². The van der Waals surface area contributed by atoms with E-state index < -0.39 is 15.6 Å². The molecule has 0 radical (unpaired) electrons. The lowest BCUT2D eigenvalue weighted by Gasteiger charge is -2.20. The molecule has 0 heterocycles. The number of rotatable bonds is 4. The van der Waals surface area contributed by atoms with Crippen molar-refractivity contribution in [2.24, 2.45) is 0 Å². The van der Waals surface area contributed by atoms with Gasteiger partial charge in [0.05, 0.1) is 4.90 Å². The number of nitrogens with one attached hydrogen (secondary N) is 1. The van der Waals surface area contributed by atoms with Gasteiger partial charge < -0.3 is 0 Å². The monoisotopic (exact) mass is 253 g/mol. The fraction of sp³-hybridized carbons (Fsp3) is 0.385. The van der Waals surface area contributed by atoms with Crippen LogP contribution in [0.4, 0.5) is 0 Å². The highest BCUT2D eigenvalue weighted by Gasteiger charge is 2.21. The average Bonchev–Trinajstić information content (AvgIpc) is 2.15. The third-order valence-corrected chi connectivity index (χ3v) is 3.78. The van der Waals surface area contributed by atoms with Gasteiger partial charge in [0, 0.05) is 5.54 Å². The minimum atomic E-state index is -3.44. The Kier molecular flexibility index (Phi) is 4.11. The molecule has 0 spiro atoms. The zero-order chi connectivity index (χ0) is 13.1. The largest absolute Gasteiger partial charge is 0.241 e. The molecule has 1 aromatic rings. The quantitative estimate of drug-likeness (QED) is 0.838. The van der Waals surface area contributed by atoms with Gasteiger partial charge in [0.25, 0.3) is 0 Å².